The molecule has 0 fully saturated rings. The molecule has 0 aliphatic heterocycles. The molecule has 0 rings (SSSR count). The van der Waals surface area contributed by atoms with Crippen LogP contribution in [0.5, 0.6) is 0 Å². The van der Waals surface area contributed by atoms with Crippen LogP contribution in [0.3, 0.4) is 0 Å². The molecule has 0 bridgehead atoms. The van der Waals surface area contributed by atoms with Gasteiger partial charge in [0.15, 0.2) is 0 Å². The largest absolute Gasteiger partial charge is 0.300 e. The second kappa shape index (κ2) is 7.07. The summed E-state index contributed by atoms with van der Waals surface area (Å²) in [6.45, 7) is 3.59. The van der Waals surface area contributed by atoms with Crippen molar-refractivity contribution in [3.8, 4) is 0 Å². The highest BCUT2D eigenvalue weighted by molar-refractivity contribution is 6.63. The zero-order valence-corrected chi connectivity index (χ0v) is 9.06. The Bertz CT molecular complexity index is 178. The molecule has 0 aromatic rings. The number of ketones is 1. The molecule has 0 saturated heterocycles. The van der Waals surface area contributed by atoms with Gasteiger partial charge in [0.2, 0.25) is 5.24 Å². The highest BCUT2D eigenvalue weighted by Crippen LogP contribution is 2.17. The molecule has 0 aliphatic rings. The van der Waals surface area contributed by atoms with E-state index in [0.717, 1.165) is 25.7 Å². The molecule has 0 spiro atoms. The van der Waals surface area contributed by atoms with Crippen LogP contribution in [-0.2, 0) is 9.59 Å². The van der Waals surface area contributed by atoms with Crippen molar-refractivity contribution in [1.82, 2.24) is 0 Å². The van der Waals surface area contributed by atoms with Crippen LogP contribution in [0.4, 0.5) is 0 Å². The fourth-order valence-corrected chi connectivity index (χ4v) is 1.54. The normalized spacial score (nSPS) is 12.5. The topological polar surface area (TPSA) is 34.1 Å². The van der Waals surface area contributed by atoms with Crippen LogP contribution in [0.2, 0.25) is 0 Å². The summed E-state index contributed by atoms with van der Waals surface area (Å²) < 4.78 is 0. The van der Waals surface area contributed by atoms with Crippen LogP contribution in [0, 0.1) is 5.92 Å². The van der Waals surface area contributed by atoms with Gasteiger partial charge in [-0.25, -0.2) is 0 Å². The van der Waals surface area contributed by atoms with Crippen molar-refractivity contribution < 1.29 is 9.59 Å². The fraction of sp³-hybridized carbons (Fsp3) is 0.800. The molecule has 0 heterocycles. The van der Waals surface area contributed by atoms with Crippen molar-refractivity contribution in [2.75, 3.05) is 0 Å². The van der Waals surface area contributed by atoms with E-state index in [1.54, 1.807) is 6.92 Å². The number of carbonyl (C=O) groups excluding carboxylic acids is 2. The molecule has 0 aliphatic carbocycles. The van der Waals surface area contributed by atoms with Gasteiger partial charge in [-0.2, -0.15) is 0 Å². The van der Waals surface area contributed by atoms with Crippen molar-refractivity contribution in [2.24, 2.45) is 5.92 Å². The molecule has 1 atom stereocenters. The van der Waals surface area contributed by atoms with E-state index in [2.05, 4.69) is 0 Å². The van der Waals surface area contributed by atoms with E-state index in [1.807, 2.05) is 6.92 Å². The minimum Gasteiger partial charge on any atom is -0.300 e. The summed E-state index contributed by atoms with van der Waals surface area (Å²) in [7, 11) is 0. The SMILES string of the molecule is CCCC(CCCC(C)=O)C(=O)Cl. The molecule has 0 saturated carbocycles. The van der Waals surface area contributed by atoms with Gasteiger partial charge in [0.05, 0.1) is 0 Å². The summed E-state index contributed by atoms with van der Waals surface area (Å²) in [6.07, 6.45) is 3.88. The lowest BCUT2D eigenvalue weighted by molar-refractivity contribution is -0.118. The van der Waals surface area contributed by atoms with Crippen LogP contribution in [0.25, 0.3) is 0 Å². The zero-order valence-electron chi connectivity index (χ0n) is 8.31. The lowest BCUT2D eigenvalue weighted by Crippen LogP contribution is -2.08. The van der Waals surface area contributed by atoms with Gasteiger partial charge in [-0.1, -0.05) is 13.3 Å². The zero-order chi connectivity index (χ0) is 10.3. The third-order valence-corrected chi connectivity index (χ3v) is 2.35. The second-order valence-electron chi connectivity index (χ2n) is 3.38. The predicted octanol–water partition coefficient (Wildman–Crippen LogP) is 2.93. The first kappa shape index (κ1) is 12.6. The Morgan fingerprint density at radius 2 is 1.92 bits per heavy atom. The predicted molar refractivity (Wildman–Crippen MR) is 53.8 cm³/mol. The highest BCUT2D eigenvalue weighted by atomic mass is 35.5. The number of hydrogen-bond donors (Lipinski definition) is 0. The average Bonchev–Trinajstić information content (AvgIpc) is 2.02. The summed E-state index contributed by atoms with van der Waals surface area (Å²) in [5.41, 5.74) is 0. The van der Waals surface area contributed by atoms with Gasteiger partial charge in [0.1, 0.15) is 5.78 Å². The summed E-state index contributed by atoms with van der Waals surface area (Å²) in [6, 6.07) is 0. The summed E-state index contributed by atoms with van der Waals surface area (Å²) in [4.78, 5) is 21.5. The van der Waals surface area contributed by atoms with Crippen LogP contribution in [0.1, 0.15) is 46.0 Å². The fourth-order valence-electron chi connectivity index (χ4n) is 1.32. The Labute approximate surface area is 84.7 Å². The van der Waals surface area contributed by atoms with Gasteiger partial charge >= 0.3 is 0 Å². The summed E-state index contributed by atoms with van der Waals surface area (Å²) in [5, 5.41) is -0.259. The number of Topliss-reactive ketones (excluding diaryl/α,β-unsaturated/α-hetero) is 1. The van der Waals surface area contributed by atoms with Crippen molar-refractivity contribution in [3.63, 3.8) is 0 Å². The van der Waals surface area contributed by atoms with Crippen molar-refractivity contribution >= 4 is 22.6 Å². The molecule has 0 radical (unpaired) electrons. The molecule has 0 amide bonds. The molecule has 13 heavy (non-hydrogen) atoms. The number of rotatable bonds is 7. The molecular formula is C10H17ClO2. The Kier molecular flexibility index (Phi) is 6.87. The van der Waals surface area contributed by atoms with Gasteiger partial charge in [-0.05, 0) is 37.8 Å². The monoisotopic (exact) mass is 204 g/mol. The number of hydrogen-bond acceptors (Lipinski definition) is 2. The van der Waals surface area contributed by atoms with Gasteiger partial charge in [0, 0.05) is 12.3 Å². The van der Waals surface area contributed by atoms with E-state index in [4.69, 9.17) is 11.6 Å². The average molecular weight is 205 g/mol. The minimum atomic E-state index is -0.259. The van der Waals surface area contributed by atoms with Gasteiger partial charge in [-0.15, -0.1) is 0 Å². The molecular weight excluding hydrogens is 188 g/mol. The van der Waals surface area contributed by atoms with Crippen molar-refractivity contribution in [3.05, 3.63) is 0 Å². The third-order valence-electron chi connectivity index (χ3n) is 2.04. The minimum absolute atomic E-state index is 0.0500. The molecule has 3 heteroatoms. The standard InChI is InChI=1S/C10H17ClO2/c1-3-5-9(10(11)13)7-4-6-8(2)12/h9H,3-7H2,1-2H3. The molecule has 1 unspecified atom stereocenters. The van der Waals surface area contributed by atoms with E-state index in [-0.39, 0.29) is 16.9 Å². The van der Waals surface area contributed by atoms with E-state index >= 15 is 0 Å². The van der Waals surface area contributed by atoms with Crippen molar-refractivity contribution in [1.29, 1.82) is 0 Å². The van der Waals surface area contributed by atoms with Gasteiger partial charge in [0.25, 0.3) is 0 Å². The maximum atomic E-state index is 10.9. The number of halogens is 1. The van der Waals surface area contributed by atoms with E-state index < -0.39 is 0 Å². The molecule has 0 aromatic carbocycles. The van der Waals surface area contributed by atoms with E-state index in [1.165, 1.54) is 0 Å². The first-order valence-corrected chi connectivity index (χ1v) is 5.14. The lowest BCUT2D eigenvalue weighted by atomic mass is 9.98. The van der Waals surface area contributed by atoms with Crippen molar-refractivity contribution in [2.45, 2.75) is 46.0 Å². The lowest BCUT2D eigenvalue weighted by Gasteiger charge is -2.09. The van der Waals surface area contributed by atoms with Crippen LogP contribution < -0.4 is 0 Å². The second-order valence-corrected chi connectivity index (χ2v) is 3.76. The maximum absolute atomic E-state index is 10.9. The Morgan fingerprint density at radius 1 is 1.31 bits per heavy atom. The Hall–Kier alpha value is -0.370. The third kappa shape index (κ3) is 6.76. The van der Waals surface area contributed by atoms with E-state index in [0.29, 0.717) is 6.42 Å². The molecule has 0 N–H and O–H groups in total. The van der Waals surface area contributed by atoms with Crippen LogP contribution in [0.15, 0.2) is 0 Å². The smallest absolute Gasteiger partial charge is 0.224 e. The Balaban J connectivity index is 3.69. The maximum Gasteiger partial charge on any atom is 0.224 e. The highest BCUT2D eigenvalue weighted by Gasteiger charge is 2.14. The van der Waals surface area contributed by atoms with Gasteiger partial charge < -0.3 is 4.79 Å². The first-order valence-electron chi connectivity index (χ1n) is 4.76. The van der Waals surface area contributed by atoms with Crippen LogP contribution in [-0.4, -0.2) is 11.0 Å². The summed E-state index contributed by atoms with van der Waals surface area (Å²) >= 11 is 5.41. The Morgan fingerprint density at radius 3 is 2.31 bits per heavy atom. The van der Waals surface area contributed by atoms with Crippen LogP contribution >= 0.6 is 11.6 Å². The summed E-state index contributed by atoms with van der Waals surface area (Å²) in [5.74, 6) is 0.128. The molecule has 76 valence electrons. The molecule has 2 nitrogen and oxygen atoms in total. The van der Waals surface area contributed by atoms with E-state index in [9.17, 15) is 9.59 Å². The number of carbonyl (C=O) groups is 2. The molecule has 0 aromatic heterocycles. The first-order chi connectivity index (χ1) is 6.07. The quantitative estimate of drug-likeness (QED) is 0.598. The van der Waals surface area contributed by atoms with Gasteiger partial charge in [-0.3, -0.25) is 4.79 Å².